The molecule has 2 saturated heterocycles. The smallest absolute Gasteiger partial charge is 0.161 e. The molecule has 0 aromatic heterocycles. The Morgan fingerprint density at radius 1 is 1.31 bits per heavy atom. The highest BCUT2D eigenvalue weighted by Gasteiger charge is 2.53. The molecule has 3 unspecified atom stereocenters. The summed E-state index contributed by atoms with van der Waals surface area (Å²) >= 11 is 0. The SMILES string of the molecule is O=C1CCC23CCCCC2CC1O3. The Balaban J connectivity index is 1.91. The van der Waals surface area contributed by atoms with E-state index in [0.29, 0.717) is 11.7 Å². The minimum absolute atomic E-state index is 0.0168. The van der Waals surface area contributed by atoms with E-state index in [1.807, 2.05) is 0 Å². The molecule has 3 atom stereocenters. The molecule has 0 aromatic carbocycles. The predicted molar refractivity (Wildman–Crippen MR) is 48.4 cm³/mol. The van der Waals surface area contributed by atoms with Crippen LogP contribution in [0.3, 0.4) is 0 Å². The predicted octanol–water partition coefficient (Wildman–Crippen LogP) is 2.07. The lowest BCUT2D eigenvalue weighted by atomic mass is 9.74. The van der Waals surface area contributed by atoms with Crippen molar-refractivity contribution in [3.63, 3.8) is 0 Å². The Bertz CT molecular complexity index is 248. The highest BCUT2D eigenvalue weighted by Crippen LogP contribution is 2.51. The first-order valence-corrected chi connectivity index (χ1v) is 5.51. The number of ketones is 1. The van der Waals surface area contributed by atoms with Gasteiger partial charge in [0.1, 0.15) is 6.10 Å². The minimum Gasteiger partial charge on any atom is -0.364 e. The number of Topliss-reactive ketones (excluding diaryl/α,β-unsaturated/α-hetero) is 1. The van der Waals surface area contributed by atoms with Crippen LogP contribution in [0, 0.1) is 5.92 Å². The molecule has 2 nitrogen and oxygen atoms in total. The van der Waals surface area contributed by atoms with Crippen LogP contribution >= 0.6 is 0 Å². The lowest BCUT2D eigenvalue weighted by Gasteiger charge is -2.40. The monoisotopic (exact) mass is 180 g/mol. The molecule has 2 bridgehead atoms. The standard InChI is InChI=1S/C11H16O2/c12-9-4-6-11-5-2-1-3-8(11)7-10(9)13-11/h8,10H,1-7H2. The maximum Gasteiger partial charge on any atom is 0.161 e. The Morgan fingerprint density at radius 2 is 2.23 bits per heavy atom. The molecule has 3 fully saturated rings. The van der Waals surface area contributed by atoms with Gasteiger partial charge in [-0.15, -0.1) is 0 Å². The van der Waals surface area contributed by atoms with Gasteiger partial charge in [0.15, 0.2) is 5.78 Å². The van der Waals surface area contributed by atoms with Gasteiger partial charge in [-0.1, -0.05) is 12.8 Å². The second-order valence-corrected chi connectivity index (χ2v) is 4.82. The third-order valence-corrected chi connectivity index (χ3v) is 4.18. The van der Waals surface area contributed by atoms with Crippen molar-refractivity contribution in [2.24, 2.45) is 5.92 Å². The van der Waals surface area contributed by atoms with Crippen LogP contribution in [-0.2, 0) is 9.53 Å². The summed E-state index contributed by atoms with van der Waals surface area (Å²) in [7, 11) is 0. The second-order valence-electron chi connectivity index (χ2n) is 4.82. The molecule has 1 saturated carbocycles. The molecule has 13 heavy (non-hydrogen) atoms. The van der Waals surface area contributed by atoms with Gasteiger partial charge < -0.3 is 4.74 Å². The van der Waals surface area contributed by atoms with Crippen LogP contribution in [0.1, 0.15) is 44.9 Å². The lowest BCUT2D eigenvalue weighted by Crippen LogP contribution is -2.42. The van der Waals surface area contributed by atoms with Crippen molar-refractivity contribution in [3.05, 3.63) is 0 Å². The van der Waals surface area contributed by atoms with Crippen molar-refractivity contribution in [2.45, 2.75) is 56.7 Å². The highest BCUT2D eigenvalue weighted by molar-refractivity contribution is 5.84. The van der Waals surface area contributed by atoms with Crippen molar-refractivity contribution < 1.29 is 9.53 Å². The molecule has 2 heterocycles. The van der Waals surface area contributed by atoms with E-state index in [9.17, 15) is 4.79 Å². The summed E-state index contributed by atoms with van der Waals surface area (Å²) < 4.78 is 5.95. The molecule has 1 spiro atoms. The molecule has 1 aliphatic carbocycles. The van der Waals surface area contributed by atoms with Gasteiger partial charge in [0.05, 0.1) is 5.60 Å². The first-order chi connectivity index (χ1) is 6.30. The normalized spacial score (nSPS) is 49.1. The van der Waals surface area contributed by atoms with Gasteiger partial charge in [-0.05, 0) is 31.6 Å². The summed E-state index contributed by atoms with van der Waals surface area (Å²) in [4.78, 5) is 11.5. The number of rotatable bonds is 0. The van der Waals surface area contributed by atoms with Gasteiger partial charge in [0.2, 0.25) is 0 Å². The van der Waals surface area contributed by atoms with Crippen LogP contribution < -0.4 is 0 Å². The van der Waals surface area contributed by atoms with Crippen LogP contribution in [0.25, 0.3) is 0 Å². The first kappa shape index (κ1) is 7.98. The Labute approximate surface area is 78.6 Å². The summed E-state index contributed by atoms with van der Waals surface area (Å²) in [5.74, 6) is 1.07. The third-order valence-electron chi connectivity index (χ3n) is 4.18. The van der Waals surface area contributed by atoms with E-state index in [1.165, 1.54) is 25.7 Å². The average Bonchev–Trinajstić information content (AvgIpc) is 2.47. The number of fused-ring (bicyclic) bond motifs is 1. The van der Waals surface area contributed by atoms with E-state index < -0.39 is 0 Å². The fourth-order valence-electron chi connectivity index (χ4n) is 3.44. The number of ether oxygens (including phenoxy) is 1. The van der Waals surface area contributed by atoms with Gasteiger partial charge in [0.25, 0.3) is 0 Å². The van der Waals surface area contributed by atoms with E-state index in [0.717, 1.165) is 19.3 Å². The maximum absolute atomic E-state index is 11.5. The number of carbonyl (C=O) groups excluding carboxylic acids is 1. The molecule has 3 rings (SSSR count). The van der Waals surface area contributed by atoms with Crippen LogP contribution in [0.4, 0.5) is 0 Å². The molecule has 3 aliphatic rings. The van der Waals surface area contributed by atoms with Crippen LogP contribution in [0.2, 0.25) is 0 Å². The quantitative estimate of drug-likeness (QED) is 0.570. The van der Waals surface area contributed by atoms with Crippen molar-refractivity contribution in [1.29, 1.82) is 0 Å². The van der Waals surface area contributed by atoms with Gasteiger partial charge in [0, 0.05) is 6.42 Å². The lowest BCUT2D eigenvalue weighted by molar-refractivity contribution is -0.151. The highest BCUT2D eigenvalue weighted by atomic mass is 16.5. The van der Waals surface area contributed by atoms with Crippen molar-refractivity contribution in [3.8, 4) is 0 Å². The van der Waals surface area contributed by atoms with Crippen molar-refractivity contribution in [2.75, 3.05) is 0 Å². The molecular weight excluding hydrogens is 164 g/mol. The van der Waals surface area contributed by atoms with Gasteiger partial charge >= 0.3 is 0 Å². The fourth-order valence-corrected chi connectivity index (χ4v) is 3.44. The number of carbonyl (C=O) groups is 1. The van der Waals surface area contributed by atoms with Crippen LogP contribution in [0.5, 0.6) is 0 Å². The number of hydrogen-bond donors (Lipinski definition) is 0. The van der Waals surface area contributed by atoms with Crippen molar-refractivity contribution in [1.82, 2.24) is 0 Å². The van der Waals surface area contributed by atoms with E-state index >= 15 is 0 Å². The largest absolute Gasteiger partial charge is 0.364 e. The Hall–Kier alpha value is -0.370. The van der Waals surface area contributed by atoms with Crippen molar-refractivity contribution >= 4 is 5.78 Å². The average molecular weight is 180 g/mol. The zero-order valence-corrected chi connectivity index (χ0v) is 7.92. The summed E-state index contributed by atoms with van der Waals surface area (Å²) in [5, 5.41) is 0. The van der Waals surface area contributed by atoms with E-state index in [4.69, 9.17) is 4.74 Å². The van der Waals surface area contributed by atoms with E-state index in [1.54, 1.807) is 0 Å². The zero-order chi connectivity index (χ0) is 8.89. The molecular formula is C11H16O2. The van der Waals surface area contributed by atoms with Crippen LogP contribution in [0.15, 0.2) is 0 Å². The third kappa shape index (κ3) is 1.01. The zero-order valence-electron chi connectivity index (χ0n) is 7.92. The van der Waals surface area contributed by atoms with E-state index in [-0.39, 0.29) is 11.7 Å². The Kier molecular flexibility index (Phi) is 1.58. The topological polar surface area (TPSA) is 26.3 Å². The van der Waals surface area contributed by atoms with Crippen LogP contribution in [-0.4, -0.2) is 17.5 Å². The molecule has 0 N–H and O–H groups in total. The summed E-state index contributed by atoms with van der Waals surface area (Å²) in [6, 6.07) is 0. The molecule has 2 heteroatoms. The molecule has 2 aliphatic heterocycles. The van der Waals surface area contributed by atoms with Gasteiger partial charge in [-0.25, -0.2) is 0 Å². The molecule has 72 valence electrons. The summed E-state index contributed by atoms with van der Waals surface area (Å²) in [6.07, 6.45) is 7.95. The van der Waals surface area contributed by atoms with Gasteiger partial charge in [-0.3, -0.25) is 4.79 Å². The number of hydrogen-bond acceptors (Lipinski definition) is 2. The molecule has 0 aromatic rings. The first-order valence-electron chi connectivity index (χ1n) is 5.51. The fraction of sp³-hybridized carbons (Fsp3) is 0.909. The molecule has 0 amide bonds. The molecule has 0 radical (unpaired) electrons. The summed E-state index contributed by atoms with van der Waals surface area (Å²) in [6.45, 7) is 0. The maximum atomic E-state index is 11.5. The summed E-state index contributed by atoms with van der Waals surface area (Å²) in [5.41, 5.74) is 0.150. The minimum atomic E-state index is -0.0168. The van der Waals surface area contributed by atoms with Gasteiger partial charge in [-0.2, -0.15) is 0 Å². The Morgan fingerprint density at radius 3 is 3.15 bits per heavy atom. The van der Waals surface area contributed by atoms with E-state index in [2.05, 4.69) is 0 Å². The second kappa shape index (κ2) is 2.57.